The van der Waals surface area contributed by atoms with Crippen LogP contribution in [0.3, 0.4) is 0 Å². The summed E-state index contributed by atoms with van der Waals surface area (Å²) in [7, 11) is 0. The second-order valence-electron chi connectivity index (χ2n) is 6.21. The summed E-state index contributed by atoms with van der Waals surface area (Å²) in [6.07, 6.45) is 1.09. The van der Waals surface area contributed by atoms with E-state index in [4.69, 9.17) is 0 Å². The Balaban J connectivity index is 1.65. The fourth-order valence-electron chi connectivity index (χ4n) is 3.14. The van der Waals surface area contributed by atoms with Crippen LogP contribution in [0.5, 0.6) is 0 Å². The monoisotopic (exact) mass is 339 g/mol. The molecule has 1 aromatic carbocycles. The minimum absolute atomic E-state index is 0.512. The number of para-hydroxylation sites is 1. The van der Waals surface area contributed by atoms with Crippen molar-refractivity contribution in [2.24, 2.45) is 0 Å². The van der Waals surface area contributed by atoms with Gasteiger partial charge in [0.1, 0.15) is 0 Å². The molecule has 0 aliphatic carbocycles. The zero-order valence-electron chi connectivity index (χ0n) is 14.2. The lowest BCUT2D eigenvalue weighted by Crippen LogP contribution is -2.26. The summed E-state index contributed by atoms with van der Waals surface area (Å²) in [4.78, 5) is 2.16. The molecular weight excluding hydrogens is 318 g/mol. The van der Waals surface area contributed by atoms with Gasteiger partial charge in [-0.25, -0.2) is 0 Å². The van der Waals surface area contributed by atoms with Crippen molar-refractivity contribution in [2.45, 2.75) is 39.0 Å². The van der Waals surface area contributed by atoms with E-state index in [1.54, 1.807) is 4.68 Å². The first kappa shape index (κ1) is 15.8. The highest BCUT2D eigenvalue weighted by Crippen LogP contribution is 2.23. The fourth-order valence-corrected chi connectivity index (χ4v) is 3.14. The van der Waals surface area contributed by atoms with E-state index in [1.807, 2.05) is 48.0 Å². The molecule has 3 heterocycles. The molecular formula is C17H21N7O. The number of hydrogen-bond donors (Lipinski definition) is 1. The van der Waals surface area contributed by atoms with Gasteiger partial charge >= 0.3 is 0 Å². The molecule has 1 atom stereocenters. The van der Waals surface area contributed by atoms with E-state index >= 15 is 0 Å². The van der Waals surface area contributed by atoms with Crippen molar-refractivity contribution in [1.29, 1.82) is 0 Å². The lowest BCUT2D eigenvalue weighted by Gasteiger charge is -2.20. The Hall–Kier alpha value is -2.74. The molecule has 25 heavy (non-hydrogen) atoms. The molecule has 1 aliphatic heterocycles. The van der Waals surface area contributed by atoms with Crippen LogP contribution < -0.4 is 4.90 Å². The van der Waals surface area contributed by atoms with E-state index in [9.17, 15) is 5.11 Å². The Morgan fingerprint density at radius 3 is 2.84 bits per heavy atom. The van der Waals surface area contributed by atoms with Crippen molar-refractivity contribution >= 4 is 5.95 Å². The van der Waals surface area contributed by atoms with Crippen LogP contribution in [0.25, 0.3) is 5.69 Å². The Kier molecular flexibility index (Phi) is 4.19. The number of aromatic nitrogens is 6. The molecule has 0 radical (unpaired) electrons. The van der Waals surface area contributed by atoms with Gasteiger partial charge in [-0.3, -0.25) is 4.68 Å². The fraction of sp³-hybridized carbons (Fsp3) is 0.412. The minimum atomic E-state index is -0.512. The number of hydrogen-bond acceptors (Lipinski definition) is 6. The maximum atomic E-state index is 10.1. The quantitative estimate of drug-likeness (QED) is 0.779. The van der Waals surface area contributed by atoms with Crippen LogP contribution in [-0.2, 0) is 13.1 Å². The van der Waals surface area contributed by atoms with E-state index in [-0.39, 0.29) is 0 Å². The molecule has 8 nitrogen and oxygen atoms in total. The van der Waals surface area contributed by atoms with Crippen molar-refractivity contribution in [3.63, 3.8) is 0 Å². The molecule has 0 spiro atoms. The summed E-state index contributed by atoms with van der Waals surface area (Å²) in [5, 5.41) is 26.9. The number of anilines is 1. The molecule has 1 unspecified atom stereocenters. The second kappa shape index (κ2) is 6.64. The summed E-state index contributed by atoms with van der Waals surface area (Å²) in [5.41, 5.74) is 2.74. The van der Waals surface area contributed by atoms with Crippen LogP contribution in [0.15, 0.2) is 36.4 Å². The topological polar surface area (TPSA) is 84.9 Å². The van der Waals surface area contributed by atoms with E-state index in [0.717, 1.165) is 42.5 Å². The summed E-state index contributed by atoms with van der Waals surface area (Å²) in [6.45, 7) is 4.30. The first-order valence-corrected chi connectivity index (χ1v) is 8.59. The number of fused-ring (bicyclic) bond motifs is 1. The Labute approximate surface area is 145 Å². The highest BCUT2D eigenvalue weighted by atomic mass is 16.3. The minimum Gasteiger partial charge on any atom is -0.387 e. The van der Waals surface area contributed by atoms with Crippen LogP contribution in [-0.4, -0.2) is 41.6 Å². The lowest BCUT2D eigenvalue weighted by atomic mass is 10.2. The zero-order valence-corrected chi connectivity index (χ0v) is 14.2. The van der Waals surface area contributed by atoms with Gasteiger partial charge in [0.2, 0.25) is 0 Å². The number of nitrogens with zero attached hydrogens (tertiary/aromatic N) is 7. The average Bonchev–Trinajstić information content (AvgIpc) is 3.24. The van der Waals surface area contributed by atoms with Gasteiger partial charge in [0, 0.05) is 13.1 Å². The largest absolute Gasteiger partial charge is 0.387 e. The smallest absolute Gasteiger partial charge is 0.250 e. The summed E-state index contributed by atoms with van der Waals surface area (Å²) >= 11 is 0. The first-order chi connectivity index (χ1) is 12.3. The molecule has 3 aromatic rings. The number of tetrazole rings is 1. The standard InChI is InChI=1S/C17H21N7O/c1-2-16(25)15-11-14-12-22(9-6-10-23(14)19-15)17-18-20-21-24(17)13-7-4-3-5-8-13/h3-5,7-8,11,16,25H,2,6,9-10,12H2,1H3. The van der Waals surface area contributed by atoms with Crippen molar-refractivity contribution < 1.29 is 5.11 Å². The Morgan fingerprint density at radius 2 is 2.04 bits per heavy atom. The van der Waals surface area contributed by atoms with E-state index < -0.39 is 6.10 Å². The predicted molar refractivity (Wildman–Crippen MR) is 92.3 cm³/mol. The van der Waals surface area contributed by atoms with Gasteiger partial charge in [0.15, 0.2) is 0 Å². The van der Waals surface area contributed by atoms with Crippen molar-refractivity contribution in [2.75, 3.05) is 11.4 Å². The van der Waals surface area contributed by atoms with Gasteiger partial charge in [-0.05, 0) is 41.5 Å². The molecule has 8 heteroatoms. The summed E-state index contributed by atoms with van der Waals surface area (Å²) in [6, 6.07) is 11.9. The van der Waals surface area contributed by atoms with Gasteiger partial charge in [-0.15, -0.1) is 0 Å². The summed E-state index contributed by atoms with van der Waals surface area (Å²) in [5.74, 6) is 0.721. The molecule has 0 bridgehead atoms. The third-order valence-electron chi connectivity index (χ3n) is 4.50. The van der Waals surface area contributed by atoms with E-state index in [1.165, 1.54) is 0 Å². The van der Waals surface area contributed by atoms with Crippen molar-refractivity contribution in [1.82, 2.24) is 30.0 Å². The maximum absolute atomic E-state index is 10.1. The molecule has 0 saturated carbocycles. The van der Waals surface area contributed by atoms with Crippen LogP contribution >= 0.6 is 0 Å². The third-order valence-corrected chi connectivity index (χ3v) is 4.50. The molecule has 0 saturated heterocycles. The van der Waals surface area contributed by atoms with Crippen LogP contribution in [0.2, 0.25) is 0 Å². The number of benzene rings is 1. The second-order valence-corrected chi connectivity index (χ2v) is 6.21. The Bertz CT molecular complexity index is 842. The Morgan fingerprint density at radius 1 is 1.20 bits per heavy atom. The highest BCUT2D eigenvalue weighted by Gasteiger charge is 2.23. The normalized spacial score (nSPS) is 15.7. The van der Waals surface area contributed by atoms with Gasteiger partial charge in [-0.1, -0.05) is 30.2 Å². The molecule has 1 aliphatic rings. The molecule has 130 valence electrons. The number of aryl methyl sites for hydroxylation is 1. The van der Waals surface area contributed by atoms with Crippen molar-refractivity contribution in [3.8, 4) is 5.69 Å². The molecule has 0 fully saturated rings. The molecule has 2 aromatic heterocycles. The molecule has 1 N–H and O–H groups in total. The van der Waals surface area contributed by atoms with Crippen LogP contribution in [0.1, 0.15) is 37.3 Å². The molecule has 4 rings (SSSR count). The van der Waals surface area contributed by atoms with Gasteiger partial charge < -0.3 is 10.0 Å². The van der Waals surface area contributed by atoms with E-state index in [2.05, 4.69) is 25.5 Å². The highest BCUT2D eigenvalue weighted by molar-refractivity contribution is 5.41. The third kappa shape index (κ3) is 3.00. The maximum Gasteiger partial charge on any atom is 0.250 e. The van der Waals surface area contributed by atoms with Gasteiger partial charge in [-0.2, -0.15) is 9.78 Å². The first-order valence-electron chi connectivity index (χ1n) is 8.59. The number of aliphatic hydroxyl groups excluding tert-OH is 1. The number of rotatable bonds is 4. The van der Waals surface area contributed by atoms with Gasteiger partial charge in [0.05, 0.1) is 29.7 Å². The van der Waals surface area contributed by atoms with Gasteiger partial charge in [0.25, 0.3) is 5.95 Å². The van der Waals surface area contributed by atoms with Crippen molar-refractivity contribution in [3.05, 3.63) is 47.8 Å². The average molecular weight is 339 g/mol. The predicted octanol–water partition coefficient (Wildman–Crippen LogP) is 1.71. The number of aliphatic hydroxyl groups is 1. The molecule has 0 amide bonds. The lowest BCUT2D eigenvalue weighted by molar-refractivity contribution is 0.168. The SMILES string of the molecule is CCC(O)c1cc2n(n1)CCCN(c1nnnn1-c1ccccc1)C2. The van der Waals surface area contributed by atoms with Crippen LogP contribution in [0, 0.1) is 0 Å². The van der Waals surface area contributed by atoms with E-state index in [0.29, 0.717) is 13.0 Å². The zero-order chi connectivity index (χ0) is 17.2. The van der Waals surface area contributed by atoms with Crippen LogP contribution in [0.4, 0.5) is 5.95 Å². The summed E-state index contributed by atoms with van der Waals surface area (Å²) < 4.78 is 3.75.